The first kappa shape index (κ1) is 12.6. The van der Waals surface area contributed by atoms with Gasteiger partial charge >= 0.3 is 0 Å². The Kier molecular flexibility index (Phi) is 3.51. The zero-order valence-corrected chi connectivity index (χ0v) is 11.7. The lowest BCUT2D eigenvalue weighted by Crippen LogP contribution is -2.10. The van der Waals surface area contributed by atoms with E-state index in [0.29, 0.717) is 0 Å². The topological polar surface area (TPSA) is 56.7 Å². The summed E-state index contributed by atoms with van der Waals surface area (Å²) in [4.78, 5) is 9.27. The number of pyridine rings is 1. The summed E-state index contributed by atoms with van der Waals surface area (Å²) in [5.74, 6) is 1.10. The number of hydrogen-bond donors (Lipinski definition) is 1. The molecule has 0 aliphatic heterocycles. The maximum Gasteiger partial charge on any atom is 0.107 e. The van der Waals surface area contributed by atoms with Crippen LogP contribution in [-0.4, -0.2) is 21.1 Å². The number of rotatable bonds is 4. The highest BCUT2D eigenvalue weighted by atomic mass is 15.1. The summed E-state index contributed by atoms with van der Waals surface area (Å²) in [5, 5.41) is 0. The maximum atomic E-state index is 5.59. The number of aryl methyl sites for hydroxylation is 4. The van der Waals surface area contributed by atoms with Gasteiger partial charge in [-0.15, -0.1) is 0 Å². The quantitative estimate of drug-likeness (QED) is 0.856. The fraction of sp³-hybridized carbons (Fsp3) is 0.600. The number of nitrogens with two attached hydrogens (primary N) is 1. The van der Waals surface area contributed by atoms with Crippen molar-refractivity contribution < 1.29 is 0 Å². The Labute approximate surface area is 114 Å². The van der Waals surface area contributed by atoms with Crippen molar-refractivity contribution in [2.45, 2.75) is 52.0 Å². The molecule has 0 saturated carbocycles. The smallest absolute Gasteiger partial charge is 0.107 e. The second kappa shape index (κ2) is 5.29. The van der Waals surface area contributed by atoms with E-state index in [-0.39, 0.29) is 0 Å². The third-order valence-electron chi connectivity index (χ3n) is 4.09. The van der Waals surface area contributed by atoms with Crippen LogP contribution in [0, 0.1) is 6.92 Å². The van der Waals surface area contributed by atoms with Crippen molar-refractivity contribution in [1.29, 1.82) is 0 Å². The molecule has 3 rings (SSSR count). The summed E-state index contributed by atoms with van der Waals surface area (Å²) in [6.45, 7) is 3.89. The molecule has 1 aliphatic rings. The molecule has 102 valence electrons. The van der Waals surface area contributed by atoms with E-state index in [1.807, 2.05) is 6.20 Å². The zero-order chi connectivity index (χ0) is 13.2. The van der Waals surface area contributed by atoms with Gasteiger partial charge in [0.15, 0.2) is 0 Å². The van der Waals surface area contributed by atoms with Crippen molar-refractivity contribution in [1.82, 2.24) is 14.5 Å². The van der Waals surface area contributed by atoms with Gasteiger partial charge in [0.2, 0.25) is 0 Å². The Hall–Kier alpha value is -1.42. The van der Waals surface area contributed by atoms with Gasteiger partial charge in [0, 0.05) is 12.2 Å². The largest absolute Gasteiger partial charge is 0.330 e. The highest BCUT2D eigenvalue weighted by Crippen LogP contribution is 2.28. The number of aromatic nitrogens is 3. The molecule has 2 N–H and O–H groups in total. The lowest BCUT2D eigenvalue weighted by atomic mass is 9.95. The Balaban J connectivity index is 2.06. The van der Waals surface area contributed by atoms with E-state index < -0.39 is 0 Å². The van der Waals surface area contributed by atoms with Gasteiger partial charge in [0.05, 0.1) is 11.7 Å². The fourth-order valence-electron chi connectivity index (χ4n) is 3.11. The molecular weight excluding hydrogens is 236 g/mol. The first-order chi connectivity index (χ1) is 9.31. The van der Waals surface area contributed by atoms with E-state index >= 15 is 0 Å². The van der Waals surface area contributed by atoms with Crippen molar-refractivity contribution in [2.24, 2.45) is 5.73 Å². The number of fused-ring (bicyclic) bond motifs is 3. The number of unbranched alkanes of at least 4 members (excludes halogenated alkanes) is 1. The molecule has 1 aliphatic carbocycles. The van der Waals surface area contributed by atoms with Crippen LogP contribution in [0.15, 0.2) is 6.20 Å². The van der Waals surface area contributed by atoms with Crippen LogP contribution in [-0.2, 0) is 19.4 Å². The van der Waals surface area contributed by atoms with Gasteiger partial charge in [0.1, 0.15) is 11.3 Å². The minimum atomic E-state index is 0.769. The molecule has 0 fully saturated rings. The molecule has 0 saturated heterocycles. The molecule has 19 heavy (non-hydrogen) atoms. The molecule has 0 unspecified atom stereocenters. The van der Waals surface area contributed by atoms with Crippen LogP contribution in [0.1, 0.15) is 42.8 Å². The van der Waals surface area contributed by atoms with Gasteiger partial charge in [0.25, 0.3) is 0 Å². The second-order valence-electron chi connectivity index (χ2n) is 5.43. The summed E-state index contributed by atoms with van der Waals surface area (Å²) in [7, 11) is 0. The van der Waals surface area contributed by atoms with Crippen molar-refractivity contribution in [3.05, 3.63) is 23.3 Å². The van der Waals surface area contributed by atoms with Crippen molar-refractivity contribution in [3.8, 4) is 0 Å². The van der Waals surface area contributed by atoms with E-state index in [2.05, 4.69) is 21.5 Å². The average Bonchev–Trinajstić information content (AvgIpc) is 2.76. The molecule has 0 bridgehead atoms. The van der Waals surface area contributed by atoms with E-state index in [1.54, 1.807) is 0 Å². The molecule has 4 heteroatoms. The van der Waals surface area contributed by atoms with E-state index in [1.165, 1.54) is 29.6 Å². The monoisotopic (exact) mass is 258 g/mol. The highest BCUT2D eigenvalue weighted by Gasteiger charge is 2.18. The first-order valence-corrected chi connectivity index (χ1v) is 7.35. The van der Waals surface area contributed by atoms with Gasteiger partial charge < -0.3 is 10.3 Å². The molecule has 0 spiro atoms. The van der Waals surface area contributed by atoms with E-state index in [9.17, 15) is 0 Å². The standard InChI is InChI=1S/C15H22N4/c1-11-18-14-10-17-13-7-3-2-6-12(13)15(14)19(11)9-5-4-8-16/h10H,2-9,16H2,1H3. The minimum absolute atomic E-state index is 0.769. The van der Waals surface area contributed by atoms with Crippen LogP contribution in [0.3, 0.4) is 0 Å². The zero-order valence-electron chi connectivity index (χ0n) is 11.7. The van der Waals surface area contributed by atoms with Crippen LogP contribution >= 0.6 is 0 Å². The Morgan fingerprint density at radius 1 is 1.26 bits per heavy atom. The van der Waals surface area contributed by atoms with Crippen molar-refractivity contribution >= 4 is 11.0 Å². The molecule has 0 aromatic carbocycles. The molecule has 2 aromatic rings. The molecule has 4 nitrogen and oxygen atoms in total. The SMILES string of the molecule is Cc1nc2cnc3c(c2n1CCCCN)CCCC3. The van der Waals surface area contributed by atoms with Crippen LogP contribution in [0.25, 0.3) is 11.0 Å². The molecule has 0 atom stereocenters. The third-order valence-corrected chi connectivity index (χ3v) is 4.09. The summed E-state index contributed by atoms with van der Waals surface area (Å²) < 4.78 is 2.37. The van der Waals surface area contributed by atoms with Gasteiger partial charge in [-0.2, -0.15) is 0 Å². The lowest BCUT2D eigenvalue weighted by Gasteiger charge is -2.17. The predicted molar refractivity (Wildman–Crippen MR) is 77.2 cm³/mol. The molecule has 0 radical (unpaired) electrons. The minimum Gasteiger partial charge on any atom is -0.330 e. The van der Waals surface area contributed by atoms with E-state index in [4.69, 9.17) is 5.73 Å². The number of nitrogens with zero attached hydrogens (tertiary/aromatic N) is 3. The Morgan fingerprint density at radius 2 is 2.11 bits per heavy atom. The van der Waals surface area contributed by atoms with Gasteiger partial charge in [-0.05, 0) is 57.6 Å². The van der Waals surface area contributed by atoms with Crippen LogP contribution < -0.4 is 5.73 Å². The van der Waals surface area contributed by atoms with Crippen molar-refractivity contribution in [2.75, 3.05) is 6.54 Å². The average molecular weight is 258 g/mol. The lowest BCUT2D eigenvalue weighted by molar-refractivity contribution is 0.608. The normalized spacial score (nSPS) is 14.8. The summed E-state index contributed by atoms with van der Waals surface area (Å²) in [6, 6.07) is 0. The molecule has 0 amide bonds. The predicted octanol–water partition coefficient (Wildman–Crippen LogP) is 2.36. The molecular formula is C15H22N4. The molecule has 2 heterocycles. The maximum absolute atomic E-state index is 5.59. The summed E-state index contributed by atoms with van der Waals surface area (Å²) in [5.41, 5.74) is 10.7. The highest BCUT2D eigenvalue weighted by molar-refractivity contribution is 5.80. The summed E-state index contributed by atoms with van der Waals surface area (Å²) in [6.07, 6.45) is 8.98. The van der Waals surface area contributed by atoms with Gasteiger partial charge in [-0.3, -0.25) is 4.98 Å². The van der Waals surface area contributed by atoms with Crippen LogP contribution in [0.4, 0.5) is 0 Å². The van der Waals surface area contributed by atoms with E-state index in [0.717, 1.165) is 50.1 Å². The second-order valence-corrected chi connectivity index (χ2v) is 5.43. The number of hydrogen-bond acceptors (Lipinski definition) is 3. The Morgan fingerprint density at radius 3 is 2.95 bits per heavy atom. The third kappa shape index (κ3) is 2.25. The van der Waals surface area contributed by atoms with Gasteiger partial charge in [-0.1, -0.05) is 0 Å². The number of imidazole rings is 1. The van der Waals surface area contributed by atoms with Gasteiger partial charge in [-0.25, -0.2) is 4.98 Å². The van der Waals surface area contributed by atoms with Crippen LogP contribution in [0.2, 0.25) is 0 Å². The first-order valence-electron chi connectivity index (χ1n) is 7.35. The fourth-order valence-corrected chi connectivity index (χ4v) is 3.11. The summed E-state index contributed by atoms with van der Waals surface area (Å²) >= 11 is 0. The Bertz CT molecular complexity index is 585. The molecule has 2 aromatic heterocycles. The van der Waals surface area contributed by atoms with Crippen LogP contribution in [0.5, 0.6) is 0 Å². The van der Waals surface area contributed by atoms with Crippen molar-refractivity contribution in [3.63, 3.8) is 0 Å².